The van der Waals surface area contributed by atoms with Gasteiger partial charge in [0.15, 0.2) is 5.13 Å². The van der Waals surface area contributed by atoms with Crippen LogP contribution in [0.25, 0.3) is 19.5 Å². The Labute approximate surface area is 132 Å². The van der Waals surface area contributed by atoms with Gasteiger partial charge in [-0.15, -0.1) is 34.0 Å². The second kappa shape index (κ2) is 4.91. The van der Waals surface area contributed by atoms with Crippen molar-refractivity contribution >= 4 is 64.5 Å². The van der Waals surface area contributed by atoms with E-state index >= 15 is 0 Å². The maximum absolute atomic E-state index is 12.3. The first-order chi connectivity index (χ1) is 10.2. The summed E-state index contributed by atoms with van der Waals surface area (Å²) in [7, 11) is 0. The van der Waals surface area contributed by atoms with Crippen molar-refractivity contribution in [1.82, 2.24) is 4.98 Å². The van der Waals surface area contributed by atoms with Crippen LogP contribution in [0.3, 0.4) is 0 Å². The van der Waals surface area contributed by atoms with E-state index in [1.165, 1.54) is 30.8 Å². The molecule has 0 aliphatic heterocycles. The van der Waals surface area contributed by atoms with Crippen LogP contribution in [-0.2, 0) is 0 Å². The van der Waals surface area contributed by atoms with Crippen molar-refractivity contribution in [3.63, 3.8) is 0 Å². The Morgan fingerprint density at radius 2 is 2.00 bits per heavy atom. The van der Waals surface area contributed by atoms with Crippen LogP contribution in [0, 0.1) is 6.92 Å². The first-order valence-corrected chi connectivity index (χ1v) is 8.80. The zero-order valence-corrected chi connectivity index (χ0v) is 13.5. The molecule has 0 saturated carbocycles. The molecule has 0 atom stereocenters. The number of anilines is 1. The van der Waals surface area contributed by atoms with Crippen LogP contribution in [0.4, 0.5) is 5.13 Å². The van der Waals surface area contributed by atoms with Crippen molar-refractivity contribution in [2.45, 2.75) is 6.92 Å². The van der Waals surface area contributed by atoms with Crippen LogP contribution >= 0.6 is 34.0 Å². The van der Waals surface area contributed by atoms with Gasteiger partial charge in [0.1, 0.15) is 0 Å². The second-order valence-corrected chi connectivity index (χ2v) is 8.00. The van der Waals surface area contributed by atoms with Crippen molar-refractivity contribution in [2.24, 2.45) is 0 Å². The number of hydrogen-bond donors (Lipinski definition) is 1. The minimum atomic E-state index is -0.0816. The molecule has 4 rings (SSSR count). The molecule has 0 spiro atoms. The summed E-state index contributed by atoms with van der Waals surface area (Å²) in [5.41, 5.74) is 0. The van der Waals surface area contributed by atoms with Crippen molar-refractivity contribution in [3.8, 4) is 0 Å². The minimum Gasteiger partial charge on any atom is -0.297 e. The van der Waals surface area contributed by atoms with Gasteiger partial charge in [-0.1, -0.05) is 18.2 Å². The lowest BCUT2D eigenvalue weighted by atomic mass is 10.2. The molecule has 3 aromatic heterocycles. The number of nitrogens with one attached hydrogen (secondary N) is 1. The van der Waals surface area contributed by atoms with Crippen LogP contribution in [0.2, 0.25) is 0 Å². The summed E-state index contributed by atoms with van der Waals surface area (Å²) in [5, 5.41) is 4.74. The number of benzene rings is 1. The van der Waals surface area contributed by atoms with Gasteiger partial charge < -0.3 is 0 Å². The first kappa shape index (κ1) is 12.9. The number of aromatic nitrogens is 1. The van der Waals surface area contributed by atoms with E-state index in [4.69, 9.17) is 0 Å². The normalized spacial score (nSPS) is 11.3. The van der Waals surface area contributed by atoms with E-state index in [0.29, 0.717) is 5.13 Å². The number of hydrogen-bond acceptors (Lipinski definition) is 5. The molecule has 0 unspecified atom stereocenters. The number of rotatable bonds is 2. The molecule has 3 nitrogen and oxygen atoms in total. The van der Waals surface area contributed by atoms with Crippen LogP contribution < -0.4 is 5.32 Å². The number of thiophene rings is 2. The standard InChI is InChI=1S/C15H10N2OS3/c1-8-7-16-15(19-8)17-14(18)12-6-11-13(21-12)9-4-2-3-5-10(9)20-11/h2-7H,1H3,(H,16,17,18). The van der Waals surface area contributed by atoms with Gasteiger partial charge in [0.2, 0.25) is 0 Å². The summed E-state index contributed by atoms with van der Waals surface area (Å²) in [5.74, 6) is -0.0816. The summed E-state index contributed by atoms with van der Waals surface area (Å²) in [6, 6.07) is 10.3. The Morgan fingerprint density at radius 3 is 2.81 bits per heavy atom. The molecule has 1 N–H and O–H groups in total. The van der Waals surface area contributed by atoms with Gasteiger partial charge in [0, 0.05) is 25.9 Å². The highest BCUT2D eigenvalue weighted by Gasteiger charge is 2.15. The number of carbonyl (C=O) groups is 1. The first-order valence-electron chi connectivity index (χ1n) is 6.35. The van der Waals surface area contributed by atoms with E-state index in [2.05, 4.69) is 22.4 Å². The predicted molar refractivity (Wildman–Crippen MR) is 92.0 cm³/mol. The molecule has 3 heterocycles. The Hall–Kier alpha value is -1.76. The average molecular weight is 330 g/mol. The molecule has 6 heteroatoms. The molecule has 0 aliphatic carbocycles. The minimum absolute atomic E-state index is 0.0816. The van der Waals surface area contributed by atoms with Crippen molar-refractivity contribution in [1.29, 1.82) is 0 Å². The molecule has 1 aromatic carbocycles. The van der Waals surface area contributed by atoms with E-state index in [9.17, 15) is 4.79 Å². The summed E-state index contributed by atoms with van der Waals surface area (Å²) in [4.78, 5) is 18.3. The highest BCUT2D eigenvalue weighted by molar-refractivity contribution is 7.33. The third kappa shape index (κ3) is 2.25. The van der Waals surface area contributed by atoms with E-state index < -0.39 is 0 Å². The Bertz CT molecular complexity index is 964. The molecular formula is C15H10N2OS3. The van der Waals surface area contributed by atoms with E-state index in [1.807, 2.05) is 25.1 Å². The smallest absolute Gasteiger partial charge is 0.267 e. The topological polar surface area (TPSA) is 42.0 Å². The molecule has 0 saturated heterocycles. The fourth-order valence-electron chi connectivity index (χ4n) is 2.18. The van der Waals surface area contributed by atoms with Crippen molar-refractivity contribution in [2.75, 3.05) is 5.32 Å². The van der Waals surface area contributed by atoms with Gasteiger partial charge in [-0.3, -0.25) is 10.1 Å². The largest absolute Gasteiger partial charge is 0.297 e. The third-order valence-electron chi connectivity index (χ3n) is 3.12. The molecule has 4 aromatic rings. The van der Waals surface area contributed by atoms with Crippen molar-refractivity contribution < 1.29 is 4.79 Å². The summed E-state index contributed by atoms with van der Waals surface area (Å²) < 4.78 is 3.62. The number of nitrogens with zero attached hydrogens (tertiary/aromatic N) is 1. The molecule has 1 amide bonds. The molecule has 0 aliphatic rings. The monoisotopic (exact) mass is 330 g/mol. The molecule has 21 heavy (non-hydrogen) atoms. The molecule has 0 bridgehead atoms. The number of carbonyl (C=O) groups excluding carboxylic acids is 1. The van der Waals surface area contributed by atoms with Crippen LogP contribution in [0.5, 0.6) is 0 Å². The lowest BCUT2D eigenvalue weighted by molar-refractivity contribution is 0.103. The summed E-state index contributed by atoms with van der Waals surface area (Å²) in [6.45, 7) is 1.97. The van der Waals surface area contributed by atoms with Crippen LogP contribution in [0.1, 0.15) is 14.5 Å². The summed E-state index contributed by atoms with van der Waals surface area (Å²) in [6.07, 6.45) is 1.76. The molecule has 104 valence electrons. The quantitative estimate of drug-likeness (QED) is 0.553. The third-order valence-corrected chi connectivity index (χ3v) is 6.36. The fraction of sp³-hybridized carbons (Fsp3) is 0.0667. The van der Waals surface area contributed by atoms with Crippen LogP contribution in [-0.4, -0.2) is 10.9 Å². The van der Waals surface area contributed by atoms with E-state index in [1.54, 1.807) is 28.9 Å². The second-order valence-electron chi connectivity index (χ2n) is 4.63. The number of amides is 1. The van der Waals surface area contributed by atoms with E-state index in [0.717, 1.165) is 9.75 Å². The Balaban J connectivity index is 1.71. The molecular weight excluding hydrogens is 320 g/mol. The molecule has 0 fully saturated rings. The van der Waals surface area contributed by atoms with E-state index in [-0.39, 0.29) is 5.91 Å². The number of thiazole rings is 1. The van der Waals surface area contributed by atoms with Crippen molar-refractivity contribution in [3.05, 3.63) is 46.3 Å². The lowest BCUT2D eigenvalue weighted by Gasteiger charge is -1.97. The summed E-state index contributed by atoms with van der Waals surface area (Å²) >= 11 is 4.76. The average Bonchev–Trinajstić information content (AvgIpc) is 3.12. The lowest BCUT2D eigenvalue weighted by Crippen LogP contribution is -2.09. The SMILES string of the molecule is Cc1cnc(NC(=O)c2cc3sc4ccccc4c3s2)s1. The highest BCUT2D eigenvalue weighted by Crippen LogP contribution is 2.39. The number of fused-ring (bicyclic) bond motifs is 3. The van der Waals surface area contributed by atoms with Gasteiger partial charge in [-0.05, 0) is 19.1 Å². The molecule has 0 radical (unpaired) electrons. The van der Waals surface area contributed by atoms with Crippen LogP contribution in [0.15, 0.2) is 36.5 Å². The van der Waals surface area contributed by atoms with Gasteiger partial charge in [0.25, 0.3) is 5.91 Å². The predicted octanol–water partition coefficient (Wildman–Crippen LogP) is 5.13. The van der Waals surface area contributed by atoms with Gasteiger partial charge in [-0.25, -0.2) is 4.98 Å². The number of aryl methyl sites for hydroxylation is 1. The maximum Gasteiger partial charge on any atom is 0.267 e. The zero-order chi connectivity index (χ0) is 14.4. The van der Waals surface area contributed by atoms with Gasteiger partial charge >= 0.3 is 0 Å². The van der Waals surface area contributed by atoms with Gasteiger partial charge in [-0.2, -0.15) is 0 Å². The highest BCUT2D eigenvalue weighted by atomic mass is 32.1. The maximum atomic E-state index is 12.3. The Kier molecular flexibility index (Phi) is 3.02. The fourth-order valence-corrected chi connectivity index (χ4v) is 5.26. The van der Waals surface area contributed by atoms with Gasteiger partial charge in [0.05, 0.1) is 9.58 Å². The zero-order valence-electron chi connectivity index (χ0n) is 11.0. The Morgan fingerprint density at radius 1 is 1.14 bits per heavy atom.